The summed E-state index contributed by atoms with van der Waals surface area (Å²) in [4.78, 5) is 26.5. The molecule has 1 aromatic rings. The number of hydrogen-bond acceptors (Lipinski definition) is 6. The molecule has 9 heteroatoms. The maximum atomic E-state index is 14.5. The van der Waals surface area contributed by atoms with Crippen molar-refractivity contribution in [3.05, 3.63) is 24.0 Å². The van der Waals surface area contributed by atoms with E-state index in [0.717, 1.165) is 26.3 Å². The topological polar surface area (TPSA) is 80.3 Å². The molecule has 0 saturated carbocycles. The van der Waals surface area contributed by atoms with Crippen LogP contribution < -0.4 is 15.1 Å². The Labute approximate surface area is 149 Å². The Morgan fingerprint density at radius 3 is 2.81 bits per heavy atom. The first-order valence-corrected chi connectivity index (χ1v) is 8.42. The van der Waals surface area contributed by atoms with Crippen molar-refractivity contribution in [2.45, 2.75) is 6.10 Å². The molecule has 8 nitrogen and oxygen atoms in total. The van der Waals surface area contributed by atoms with Crippen LogP contribution in [0.25, 0.3) is 0 Å². The van der Waals surface area contributed by atoms with Gasteiger partial charge in [0, 0.05) is 13.1 Å². The van der Waals surface area contributed by atoms with Gasteiger partial charge in [0.25, 0.3) is 0 Å². The number of ether oxygens (including phenoxy) is 3. The molecule has 0 aliphatic carbocycles. The largest absolute Gasteiger partial charge is 0.453 e. The van der Waals surface area contributed by atoms with Gasteiger partial charge >= 0.3 is 12.2 Å². The van der Waals surface area contributed by atoms with Crippen LogP contribution in [0, 0.1) is 11.2 Å². The maximum absolute atomic E-state index is 14.5. The summed E-state index contributed by atoms with van der Waals surface area (Å²) in [6, 6.07) is 4.73. The van der Waals surface area contributed by atoms with Crippen molar-refractivity contribution in [3.8, 4) is 0 Å². The van der Waals surface area contributed by atoms with E-state index in [1.807, 2.05) is 4.90 Å². The average Bonchev–Trinajstić information content (AvgIpc) is 2.92. The fraction of sp³-hybridized carbons (Fsp3) is 0.529. The molecule has 0 radical (unpaired) electrons. The molecule has 140 valence electrons. The summed E-state index contributed by atoms with van der Waals surface area (Å²) in [6.07, 6.45) is -1.68. The summed E-state index contributed by atoms with van der Waals surface area (Å²) in [6.45, 7) is 3.42. The van der Waals surface area contributed by atoms with E-state index >= 15 is 0 Å². The van der Waals surface area contributed by atoms with Crippen molar-refractivity contribution < 1.29 is 28.2 Å². The second-order valence-electron chi connectivity index (χ2n) is 6.97. The zero-order valence-electron chi connectivity index (χ0n) is 14.4. The van der Waals surface area contributed by atoms with E-state index in [4.69, 9.17) is 9.47 Å². The minimum absolute atomic E-state index is 0.132. The third kappa shape index (κ3) is 2.92. The molecule has 0 aromatic heterocycles. The quantitative estimate of drug-likeness (QED) is 0.868. The number of rotatable bonds is 4. The van der Waals surface area contributed by atoms with Gasteiger partial charge in [-0.3, -0.25) is 4.90 Å². The molecule has 3 saturated heterocycles. The monoisotopic (exact) mass is 365 g/mol. The van der Waals surface area contributed by atoms with Gasteiger partial charge in [-0.05, 0) is 18.2 Å². The highest BCUT2D eigenvalue weighted by Gasteiger charge is 2.49. The Morgan fingerprint density at radius 2 is 2.19 bits per heavy atom. The summed E-state index contributed by atoms with van der Waals surface area (Å²) in [5.74, 6) is -0.374. The Hall–Kier alpha value is -2.55. The summed E-state index contributed by atoms with van der Waals surface area (Å²) in [7, 11) is 1.25. The van der Waals surface area contributed by atoms with Gasteiger partial charge in [-0.2, -0.15) is 0 Å². The SMILES string of the molecule is COC(=O)NC[C@H]1CN(c2ccc(N3CC4(COC4)C3)c(F)c2)C(=O)O1. The van der Waals surface area contributed by atoms with Crippen LogP contribution >= 0.6 is 0 Å². The predicted octanol–water partition coefficient (Wildman–Crippen LogP) is 1.34. The highest BCUT2D eigenvalue weighted by Crippen LogP contribution is 2.41. The maximum Gasteiger partial charge on any atom is 0.414 e. The molecule has 1 atom stereocenters. The number of nitrogens with one attached hydrogen (secondary N) is 1. The van der Waals surface area contributed by atoms with E-state index in [1.165, 1.54) is 18.1 Å². The van der Waals surface area contributed by atoms with E-state index in [-0.39, 0.29) is 24.3 Å². The van der Waals surface area contributed by atoms with Crippen LogP contribution in [-0.2, 0) is 14.2 Å². The van der Waals surface area contributed by atoms with Crippen LogP contribution in [0.3, 0.4) is 0 Å². The van der Waals surface area contributed by atoms with Crippen molar-refractivity contribution in [1.29, 1.82) is 0 Å². The van der Waals surface area contributed by atoms with E-state index in [1.54, 1.807) is 12.1 Å². The number of cyclic esters (lactones) is 1. The molecule has 4 rings (SSSR count). The van der Waals surface area contributed by atoms with E-state index < -0.39 is 18.3 Å². The third-order valence-electron chi connectivity index (χ3n) is 4.99. The Balaban J connectivity index is 1.39. The number of alkyl carbamates (subject to hydrolysis) is 1. The lowest BCUT2D eigenvalue weighted by Gasteiger charge is -2.56. The second kappa shape index (κ2) is 6.31. The fourth-order valence-electron chi connectivity index (χ4n) is 3.54. The lowest BCUT2D eigenvalue weighted by Crippen LogP contribution is -2.66. The molecule has 0 bridgehead atoms. The van der Waals surface area contributed by atoms with Gasteiger partial charge in [0.15, 0.2) is 0 Å². The van der Waals surface area contributed by atoms with Crippen LogP contribution in [-0.4, -0.2) is 64.8 Å². The lowest BCUT2D eigenvalue weighted by molar-refractivity contribution is -0.127. The minimum atomic E-state index is -0.598. The zero-order chi connectivity index (χ0) is 18.3. The fourth-order valence-corrected chi connectivity index (χ4v) is 3.54. The van der Waals surface area contributed by atoms with Gasteiger partial charge in [-0.15, -0.1) is 0 Å². The molecule has 3 aliphatic heterocycles. The smallest absolute Gasteiger partial charge is 0.414 e. The van der Waals surface area contributed by atoms with Gasteiger partial charge < -0.3 is 24.4 Å². The molecular formula is C17H20FN3O5. The van der Waals surface area contributed by atoms with Crippen molar-refractivity contribution >= 4 is 23.6 Å². The molecule has 1 aromatic carbocycles. The lowest BCUT2D eigenvalue weighted by atomic mass is 9.78. The van der Waals surface area contributed by atoms with Crippen LogP contribution in [0.1, 0.15) is 0 Å². The highest BCUT2D eigenvalue weighted by molar-refractivity contribution is 5.90. The number of halogens is 1. The van der Waals surface area contributed by atoms with E-state index in [2.05, 4.69) is 10.1 Å². The summed E-state index contributed by atoms with van der Waals surface area (Å²) < 4.78 is 29.4. The Morgan fingerprint density at radius 1 is 1.42 bits per heavy atom. The van der Waals surface area contributed by atoms with Crippen LogP contribution in [0.4, 0.5) is 25.4 Å². The molecular weight excluding hydrogens is 345 g/mol. The van der Waals surface area contributed by atoms with Crippen molar-refractivity contribution in [1.82, 2.24) is 5.32 Å². The first-order chi connectivity index (χ1) is 12.5. The van der Waals surface area contributed by atoms with Gasteiger partial charge in [0.05, 0.1) is 50.2 Å². The summed E-state index contributed by atoms with van der Waals surface area (Å²) >= 11 is 0. The molecule has 3 fully saturated rings. The number of methoxy groups -OCH3 is 1. The number of carbonyl (C=O) groups is 2. The number of carbonyl (C=O) groups excluding carboxylic acids is 2. The highest BCUT2D eigenvalue weighted by atomic mass is 19.1. The number of benzene rings is 1. The number of anilines is 2. The first-order valence-electron chi connectivity index (χ1n) is 8.42. The first kappa shape index (κ1) is 16.9. The number of hydrogen-bond donors (Lipinski definition) is 1. The van der Waals surface area contributed by atoms with E-state index in [0.29, 0.717) is 11.4 Å². The number of amides is 2. The molecule has 26 heavy (non-hydrogen) atoms. The molecule has 1 N–H and O–H groups in total. The summed E-state index contributed by atoms with van der Waals surface area (Å²) in [5.41, 5.74) is 1.16. The molecule has 0 unspecified atom stereocenters. The number of nitrogens with zero attached hydrogens (tertiary/aromatic N) is 2. The van der Waals surface area contributed by atoms with Crippen LogP contribution in [0.15, 0.2) is 18.2 Å². The minimum Gasteiger partial charge on any atom is -0.453 e. The predicted molar refractivity (Wildman–Crippen MR) is 89.9 cm³/mol. The molecule has 3 heterocycles. The van der Waals surface area contributed by atoms with Gasteiger partial charge in [0.1, 0.15) is 11.9 Å². The third-order valence-corrected chi connectivity index (χ3v) is 4.99. The standard InChI is InChI=1S/C17H20FN3O5/c1-24-15(22)19-5-12-6-21(16(23)26-12)11-2-3-14(13(18)4-11)20-7-17(8-20)9-25-10-17/h2-4,12H,5-10H2,1H3,(H,19,22)/t12-/m0/s1. The average molecular weight is 365 g/mol. The van der Waals surface area contributed by atoms with Crippen LogP contribution in [0.2, 0.25) is 0 Å². The van der Waals surface area contributed by atoms with Crippen molar-refractivity contribution in [3.63, 3.8) is 0 Å². The van der Waals surface area contributed by atoms with Gasteiger partial charge in [-0.25, -0.2) is 14.0 Å². The Kier molecular flexibility index (Phi) is 4.10. The summed E-state index contributed by atoms with van der Waals surface area (Å²) in [5, 5.41) is 2.48. The molecule has 1 spiro atoms. The van der Waals surface area contributed by atoms with E-state index in [9.17, 15) is 14.0 Å². The normalized spacial score (nSPS) is 23.3. The molecule has 2 amide bonds. The Bertz CT molecular complexity index is 731. The van der Waals surface area contributed by atoms with Gasteiger partial charge in [-0.1, -0.05) is 0 Å². The second-order valence-corrected chi connectivity index (χ2v) is 6.97. The zero-order valence-corrected chi connectivity index (χ0v) is 14.4. The van der Waals surface area contributed by atoms with Crippen LogP contribution in [0.5, 0.6) is 0 Å². The van der Waals surface area contributed by atoms with Crippen molar-refractivity contribution in [2.24, 2.45) is 5.41 Å². The van der Waals surface area contributed by atoms with Crippen molar-refractivity contribution in [2.75, 3.05) is 56.3 Å². The molecule has 3 aliphatic rings. The van der Waals surface area contributed by atoms with Gasteiger partial charge in [0.2, 0.25) is 0 Å².